The van der Waals surface area contributed by atoms with Gasteiger partial charge in [-0.2, -0.15) is 5.10 Å². The molecule has 30 heavy (non-hydrogen) atoms. The molecule has 1 aromatic heterocycles. The average Bonchev–Trinajstić information content (AvgIpc) is 3.05. The Labute approximate surface area is 178 Å². The summed E-state index contributed by atoms with van der Waals surface area (Å²) >= 11 is 0. The summed E-state index contributed by atoms with van der Waals surface area (Å²) in [4.78, 5) is 19.2. The van der Waals surface area contributed by atoms with Crippen LogP contribution in [0, 0.1) is 0 Å². The van der Waals surface area contributed by atoms with E-state index in [-0.39, 0.29) is 5.69 Å². The number of aryl methyl sites for hydroxylation is 2. The first kappa shape index (κ1) is 22.8. The second-order valence-corrected chi connectivity index (χ2v) is 8.39. The lowest BCUT2D eigenvalue weighted by molar-refractivity contribution is -0.0179. The maximum atomic E-state index is 12.4. The highest BCUT2D eigenvalue weighted by Gasteiger charge is 2.25. The van der Waals surface area contributed by atoms with Crippen LogP contribution in [0.5, 0.6) is 0 Å². The zero-order valence-corrected chi connectivity index (χ0v) is 18.4. The summed E-state index contributed by atoms with van der Waals surface area (Å²) in [5.41, 5.74) is -0.896. The van der Waals surface area contributed by atoms with Crippen molar-refractivity contribution in [2.45, 2.75) is 58.2 Å². The Morgan fingerprint density at radius 1 is 1.27 bits per heavy atom. The van der Waals surface area contributed by atoms with E-state index in [1.165, 1.54) is 0 Å². The maximum absolute atomic E-state index is 12.4. The molecule has 1 saturated heterocycles. The average molecular weight is 424 g/mol. The molecular weight excluding hydrogens is 386 g/mol. The van der Waals surface area contributed by atoms with Crippen molar-refractivity contribution in [3.63, 3.8) is 0 Å². The summed E-state index contributed by atoms with van der Waals surface area (Å²) in [7, 11) is 0. The molecule has 3 rings (SSSR count). The van der Waals surface area contributed by atoms with Gasteiger partial charge >= 0.3 is 5.69 Å². The van der Waals surface area contributed by atoms with Crippen molar-refractivity contribution in [2.75, 3.05) is 52.5 Å². The van der Waals surface area contributed by atoms with Gasteiger partial charge in [0.25, 0.3) is 0 Å². The number of aliphatic imine (C=N–C) groups is 1. The smallest absolute Gasteiger partial charge is 0.345 e. The molecule has 10 heteroatoms. The lowest BCUT2D eigenvalue weighted by atomic mass is 10.1. The van der Waals surface area contributed by atoms with Crippen LogP contribution in [0.4, 0.5) is 0 Å². The number of morpholine rings is 1. The SMILES string of the molecule is CCNC(=NCC(C)(O)CN1CCOCC1)NCCCn1nc2n(c1=O)CCCC2. The molecule has 1 unspecified atom stereocenters. The minimum Gasteiger partial charge on any atom is -0.387 e. The fourth-order valence-electron chi connectivity index (χ4n) is 3.91. The molecule has 2 aliphatic rings. The summed E-state index contributed by atoms with van der Waals surface area (Å²) in [6, 6.07) is 0. The van der Waals surface area contributed by atoms with Crippen LogP contribution in [0.25, 0.3) is 0 Å². The van der Waals surface area contributed by atoms with Gasteiger partial charge in [-0.25, -0.2) is 9.48 Å². The molecule has 10 nitrogen and oxygen atoms in total. The van der Waals surface area contributed by atoms with Gasteiger partial charge in [-0.15, -0.1) is 0 Å². The Bertz CT molecular complexity index is 750. The quantitative estimate of drug-likeness (QED) is 0.277. The first-order valence-corrected chi connectivity index (χ1v) is 11.2. The monoisotopic (exact) mass is 423 g/mol. The Hall–Kier alpha value is -1.91. The van der Waals surface area contributed by atoms with Crippen LogP contribution in [0.2, 0.25) is 0 Å². The van der Waals surface area contributed by atoms with Crippen molar-refractivity contribution >= 4 is 5.96 Å². The highest BCUT2D eigenvalue weighted by Crippen LogP contribution is 2.10. The summed E-state index contributed by atoms with van der Waals surface area (Å²) in [6.45, 7) is 10.6. The fourth-order valence-corrected chi connectivity index (χ4v) is 3.91. The molecule has 3 heterocycles. The number of ether oxygens (including phenoxy) is 1. The Balaban J connectivity index is 1.45. The van der Waals surface area contributed by atoms with Gasteiger partial charge in [-0.1, -0.05) is 0 Å². The zero-order chi connectivity index (χ0) is 21.4. The summed E-state index contributed by atoms with van der Waals surface area (Å²) in [6.07, 6.45) is 3.82. The van der Waals surface area contributed by atoms with Crippen LogP contribution in [-0.4, -0.2) is 88.4 Å². The van der Waals surface area contributed by atoms with Crippen LogP contribution >= 0.6 is 0 Å². The number of hydrogen-bond acceptors (Lipinski definition) is 6. The number of hydrogen-bond donors (Lipinski definition) is 3. The third-order valence-electron chi connectivity index (χ3n) is 5.46. The van der Waals surface area contributed by atoms with Gasteiger partial charge < -0.3 is 20.5 Å². The second kappa shape index (κ2) is 10.9. The molecule has 3 N–H and O–H groups in total. The third kappa shape index (κ3) is 6.55. The van der Waals surface area contributed by atoms with Crippen molar-refractivity contribution in [3.05, 3.63) is 16.3 Å². The molecule has 170 valence electrons. The van der Waals surface area contributed by atoms with Gasteiger partial charge in [0.1, 0.15) is 5.82 Å². The molecule has 1 aromatic rings. The van der Waals surface area contributed by atoms with Crippen molar-refractivity contribution in [2.24, 2.45) is 4.99 Å². The summed E-state index contributed by atoms with van der Waals surface area (Å²) < 4.78 is 8.75. The number of nitrogens with zero attached hydrogens (tertiary/aromatic N) is 5. The normalized spacial score (nSPS) is 19.9. The molecule has 0 radical (unpaired) electrons. The van der Waals surface area contributed by atoms with Crippen LogP contribution in [0.15, 0.2) is 9.79 Å². The van der Waals surface area contributed by atoms with Crippen LogP contribution in [0.1, 0.15) is 38.9 Å². The number of nitrogens with one attached hydrogen (secondary N) is 2. The topological polar surface area (TPSA) is 109 Å². The van der Waals surface area contributed by atoms with Gasteiger partial charge in [0.2, 0.25) is 0 Å². The van der Waals surface area contributed by atoms with E-state index in [2.05, 4.69) is 25.6 Å². The predicted molar refractivity (Wildman–Crippen MR) is 116 cm³/mol. The highest BCUT2D eigenvalue weighted by atomic mass is 16.5. The van der Waals surface area contributed by atoms with Crippen LogP contribution in [-0.2, 0) is 24.2 Å². The Morgan fingerprint density at radius 3 is 2.80 bits per heavy atom. The standard InChI is InChI=1S/C20H37N7O3/c1-3-21-18(23-15-20(2,29)16-25-11-13-30-14-12-25)22-8-6-10-27-19(28)26-9-5-4-7-17(26)24-27/h29H,3-16H2,1-2H3,(H2,21,22,23). The summed E-state index contributed by atoms with van der Waals surface area (Å²) in [5.74, 6) is 1.59. The molecule has 2 aliphatic heterocycles. The van der Waals surface area contributed by atoms with Gasteiger partial charge in [0, 0.05) is 52.2 Å². The molecule has 0 spiro atoms. The van der Waals surface area contributed by atoms with Crippen LogP contribution in [0.3, 0.4) is 0 Å². The Kier molecular flexibility index (Phi) is 8.29. The number of rotatable bonds is 9. The van der Waals surface area contributed by atoms with Gasteiger partial charge in [-0.3, -0.25) is 14.5 Å². The highest BCUT2D eigenvalue weighted by molar-refractivity contribution is 5.79. The van der Waals surface area contributed by atoms with E-state index < -0.39 is 5.60 Å². The van der Waals surface area contributed by atoms with E-state index in [0.717, 1.165) is 57.7 Å². The van der Waals surface area contributed by atoms with Gasteiger partial charge in [0.15, 0.2) is 5.96 Å². The molecule has 1 fully saturated rings. The number of fused-ring (bicyclic) bond motifs is 1. The van der Waals surface area contributed by atoms with Crippen molar-refractivity contribution in [1.29, 1.82) is 0 Å². The van der Waals surface area contributed by atoms with E-state index in [1.54, 1.807) is 9.25 Å². The first-order chi connectivity index (χ1) is 14.5. The van der Waals surface area contributed by atoms with Gasteiger partial charge in [-0.05, 0) is 33.1 Å². The fraction of sp³-hybridized carbons (Fsp3) is 0.850. The molecule has 0 saturated carbocycles. The lowest BCUT2D eigenvalue weighted by Crippen LogP contribution is -2.48. The zero-order valence-electron chi connectivity index (χ0n) is 18.4. The van der Waals surface area contributed by atoms with Crippen molar-refractivity contribution in [1.82, 2.24) is 29.9 Å². The first-order valence-electron chi connectivity index (χ1n) is 11.2. The molecular formula is C20H37N7O3. The number of guanidine groups is 1. The minimum atomic E-state index is -0.900. The number of aliphatic hydroxyl groups is 1. The largest absolute Gasteiger partial charge is 0.387 e. The molecule has 1 atom stereocenters. The third-order valence-corrected chi connectivity index (χ3v) is 5.46. The van der Waals surface area contributed by atoms with Crippen LogP contribution < -0.4 is 16.3 Å². The molecule has 0 aliphatic carbocycles. The predicted octanol–water partition coefficient (Wildman–Crippen LogP) is -0.590. The van der Waals surface area contributed by atoms with Crippen molar-refractivity contribution < 1.29 is 9.84 Å². The lowest BCUT2D eigenvalue weighted by Gasteiger charge is -2.33. The van der Waals surface area contributed by atoms with Gasteiger partial charge in [0.05, 0.1) is 25.4 Å². The van der Waals surface area contributed by atoms with Crippen molar-refractivity contribution in [3.8, 4) is 0 Å². The molecule has 0 bridgehead atoms. The number of aromatic nitrogens is 3. The Morgan fingerprint density at radius 2 is 2.07 bits per heavy atom. The minimum absolute atomic E-state index is 0.00411. The van der Waals surface area contributed by atoms with E-state index in [4.69, 9.17) is 4.74 Å². The van der Waals surface area contributed by atoms with E-state index in [0.29, 0.717) is 45.4 Å². The maximum Gasteiger partial charge on any atom is 0.345 e. The van der Waals surface area contributed by atoms with E-state index in [1.807, 2.05) is 13.8 Å². The molecule has 0 amide bonds. The summed E-state index contributed by atoms with van der Waals surface area (Å²) in [5, 5.41) is 21.7. The van der Waals surface area contributed by atoms with E-state index >= 15 is 0 Å². The van der Waals surface area contributed by atoms with E-state index in [9.17, 15) is 9.90 Å². The number of β-amino-alcohol motifs (C(OH)–C–C–N with tert-alkyl or cyclic N) is 1. The second-order valence-electron chi connectivity index (χ2n) is 8.39. The molecule has 0 aromatic carbocycles.